The van der Waals surface area contributed by atoms with Crippen molar-refractivity contribution in [2.45, 2.75) is 39.2 Å². The largest absolute Gasteiger partial charge is 0.452 e. The Kier molecular flexibility index (Phi) is 6.16. The molecule has 1 saturated carbocycles. The van der Waals surface area contributed by atoms with Crippen LogP contribution in [0.2, 0.25) is 0 Å². The maximum Gasteiger partial charge on any atom is 0.339 e. The smallest absolute Gasteiger partial charge is 0.339 e. The monoisotopic (exact) mass is 431 g/mol. The summed E-state index contributed by atoms with van der Waals surface area (Å²) in [4.78, 5) is 42.1. The number of carbonyl (C=O) groups is 3. The van der Waals surface area contributed by atoms with Crippen molar-refractivity contribution < 1.29 is 19.1 Å². The van der Waals surface area contributed by atoms with Gasteiger partial charge in [0.2, 0.25) is 0 Å². The Labute approximate surface area is 186 Å². The summed E-state index contributed by atoms with van der Waals surface area (Å²) < 4.78 is 5.33. The summed E-state index contributed by atoms with van der Waals surface area (Å²) in [5, 5.41) is 6.29. The first kappa shape index (κ1) is 21.5. The Hall–Kier alpha value is -3.74. The van der Waals surface area contributed by atoms with E-state index in [9.17, 15) is 14.4 Å². The number of amides is 2. The van der Waals surface area contributed by atoms with Crippen molar-refractivity contribution in [1.82, 2.24) is 10.3 Å². The lowest BCUT2D eigenvalue weighted by Crippen LogP contribution is -2.25. The van der Waals surface area contributed by atoms with Crippen LogP contribution in [0.5, 0.6) is 0 Å². The molecule has 0 spiro atoms. The van der Waals surface area contributed by atoms with Crippen molar-refractivity contribution in [3.8, 4) is 0 Å². The van der Waals surface area contributed by atoms with E-state index in [1.54, 1.807) is 24.3 Å². The number of aromatic nitrogens is 1. The minimum atomic E-state index is -0.566. The predicted octanol–water partition coefficient (Wildman–Crippen LogP) is 3.79. The normalized spacial score (nSPS) is 12.9. The molecular weight excluding hydrogens is 406 g/mol. The Balaban J connectivity index is 1.43. The number of esters is 1. The van der Waals surface area contributed by atoms with Crippen molar-refractivity contribution in [3.63, 3.8) is 0 Å². The van der Waals surface area contributed by atoms with Crippen molar-refractivity contribution in [2.75, 3.05) is 11.9 Å². The second kappa shape index (κ2) is 9.18. The molecule has 0 atom stereocenters. The highest BCUT2D eigenvalue weighted by Crippen LogP contribution is 2.24. The molecule has 2 amide bonds. The molecule has 0 aliphatic heterocycles. The van der Waals surface area contributed by atoms with E-state index in [0.29, 0.717) is 34.1 Å². The summed E-state index contributed by atoms with van der Waals surface area (Å²) in [6, 6.07) is 14.3. The predicted molar refractivity (Wildman–Crippen MR) is 122 cm³/mol. The van der Waals surface area contributed by atoms with Crippen molar-refractivity contribution in [3.05, 3.63) is 70.9 Å². The van der Waals surface area contributed by atoms with Crippen LogP contribution >= 0.6 is 0 Å². The van der Waals surface area contributed by atoms with Gasteiger partial charge in [-0.15, -0.1) is 0 Å². The van der Waals surface area contributed by atoms with Gasteiger partial charge < -0.3 is 15.4 Å². The van der Waals surface area contributed by atoms with Gasteiger partial charge in [-0.25, -0.2) is 4.79 Å². The van der Waals surface area contributed by atoms with Gasteiger partial charge in [-0.1, -0.05) is 31.2 Å². The number of para-hydroxylation sites is 1. The molecule has 1 heterocycles. The Morgan fingerprint density at radius 1 is 1.09 bits per heavy atom. The molecule has 32 heavy (non-hydrogen) atoms. The van der Waals surface area contributed by atoms with Crippen LogP contribution in [0, 0.1) is 6.92 Å². The highest BCUT2D eigenvalue weighted by Gasteiger charge is 2.24. The first-order chi connectivity index (χ1) is 15.5. The summed E-state index contributed by atoms with van der Waals surface area (Å²) in [5.74, 6) is -1.21. The number of hydrogen-bond acceptors (Lipinski definition) is 5. The van der Waals surface area contributed by atoms with E-state index < -0.39 is 18.5 Å². The maximum absolute atomic E-state index is 12.9. The lowest BCUT2D eigenvalue weighted by atomic mass is 10.0. The molecule has 2 aromatic carbocycles. The molecule has 0 bridgehead atoms. The average molecular weight is 431 g/mol. The highest BCUT2D eigenvalue weighted by atomic mass is 16.5. The van der Waals surface area contributed by atoms with Crippen molar-refractivity contribution >= 4 is 34.4 Å². The summed E-state index contributed by atoms with van der Waals surface area (Å²) in [7, 11) is 0. The maximum atomic E-state index is 12.9. The van der Waals surface area contributed by atoms with Gasteiger partial charge in [0.1, 0.15) is 0 Å². The number of pyridine rings is 1. The molecule has 1 aliphatic carbocycles. The number of anilines is 1. The summed E-state index contributed by atoms with van der Waals surface area (Å²) >= 11 is 0. The topological polar surface area (TPSA) is 97.4 Å². The molecular formula is C25H25N3O4. The number of carbonyl (C=O) groups excluding carboxylic acids is 3. The first-order valence-electron chi connectivity index (χ1n) is 10.7. The number of benzene rings is 2. The fraction of sp³-hybridized carbons (Fsp3) is 0.280. The third kappa shape index (κ3) is 4.77. The molecule has 1 aliphatic rings. The lowest BCUT2D eigenvalue weighted by Gasteiger charge is -2.13. The number of nitrogens with zero attached hydrogens (tertiary/aromatic N) is 1. The van der Waals surface area contributed by atoms with E-state index in [4.69, 9.17) is 4.74 Å². The van der Waals surface area contributed by atoms with Gasteiger partial charge in [0, 0.05) is 28.4 Å². The van der Waals surface area contributed by atoms with Crippen LogP contribution in [0.25, 0.3) is 10.9 Å². The Morgan fingerprint density at radius 3 is 2.62 bits per heavy atom. The van der Waals surface area contributed by atoms with Crippen molar-refractivity contribution in [1.29, 1.82) is 0 Å². The number of hydrogen-bond donors (Lipinski definition) is 2. The average Bonchev–Trinajstić information content (AvgIpc) is 3.61. The number of nitrogens with one attached hydrogen (secondary N) is 2. The molecule has 0 radical (unpaired) electrons. The van der Waals surface area contributed by atoms with E-state index in [0.717, 1.165) is 24.1 Å². The molecule has 1 fully saturated rings. The van der Waals surface area contributed by atoms with Crippen LogP contribution in [0.1, 0.15) is 51.7 Å². The van der Waals surface area contributed by atoms with E-state index >= 15 is 0 Å². The van der Waals surface area contributed by atoms with Crippen LogP contribution in [-0.2, 0) is 16.0 Å². The summed E-state index contributed by atoms with van der Waals surface area (Å²) in [6.45, 7) is 3.38. The third-order valence-electron chi connectivity index (χ3n) is 5.43. The second-order valence-electron chi connectivity index (χ2n) is 7.88. The van der Waals surface area contributed by atoms with Crippen LogP contribution in [0.3, 0.4) is 0 Å². The number of aryl methyl sites for hydroxylation is 1. The van der Waals surface area contributed by atoms with Crippen LogP contribution in [0.4, 0.5) is 5.69 Å². The summed E-state index contributed by atoms with van der Waals surface area (Å²) in [6.07, 6.45) is 2.68. The molecule has 7 nitrogen and oxygen atoms in total. The number of fused-ring (bicyclic) bond motifs is 1. The van der Waals surface area contributed by atoms with Crippen LogP contribution in [-0.4, -0.2) is 35.4 Å². The van der Waals surface area contributed by atoms with E-state index in [2.05, 4.69) is 15.6 Å². The summed E-state index contributed by atoms with van der Waals surface area (Å²) in [5.41, 5.74) is 3.66. The van der Waals surface area contributed by atoms with Crippen LogP contribution in [0.15, 0.2) is 48.5 Å². The highest BCUT2D eigenvalue weighted by molar-refractivity contribution is 6.06. The van der Waals surface area contributed by atoms with Gasteiger partial charge in [-0.3, -0.25) is 14.6 Å². The van der Waals surface area contributed by atoms with E-state index in [-0.39, 0.29) is 11.9 Å². The Bertz CT molecular complexity index is 1200. The minimum Gasteiger partial charge on any atom is -0.452 e. The minimum absolute atomic E-state index is 0.165. The molecule has 1 aromatic heterocycles. The molecule has 164 valence electrons. The fourth-order valence-corrected chi connectivity index (χ4v) is 3.60. The Morgan fingerprint density at radius 2 is 1.88 bits per heavy atom. The van der Waals surface area contributed by atoms with Gasteiger partial charge in [0.05, 0.1) is 11.1 Å². The fourth-order valence-electron chi connectivity index (χ4n) is 3.60. The SMILES string of the molecule is CCc1nc2ccccc2c(C(=O)OCC(=O)Nc2cccc(C(=O)NC3CC3)c2)c1C. The van der Waals surface area contributed by atoms with Crippen LogP contribution < -0.4 is 10.6 Å². The second-order valence-corrected chi connectivity index (χ2v) is 7.88. The molecule has 4 rings (SSSR count). The zero-order valence-corrected chi connectivity index (χ0v) is 18.1. The zero-order valence-electron chi connectivity index (χ0n) is 18.1. The lowest BCUT2D eigenvalue weighted by molar-refractivity contribution is -0.119. The molecule has 7 heteroatoms. The van der Waals surface area contributed by atoms with Gasteiger partial charge >= 0.3 is 5.97 Å². The van der Waals surface area contributed by atoms with Gasteiger partial charge in [-0.05, 0) is 56.0 Å². The van der Waals surface area contributed by atoms with Gasteiger partial charge in [0.25, 0.3) is 11.8 Å². The van der Waals surface area contributed by atoms with Gasteiger partial charge in [-0.2, -0.15) is 0 Å². The van der Waals surface area contributed by atoms with E-state index in [1.165, 1.54) is 0 Å². The number of ether oxygens (including phenoxy) is 1. The zero-order chi connectivity index (χ0) is 22.7. The molecule has 2 N–H and O–H groups in total. The quantitative estimate of drug-likeness (QED) is 0.555. The number of rotatable bonds is 7. The van der Waals surface area contributed by atoms with Crippen molar-refractivity contribution in [2.24, 2.45) is 0 Å². The first-order valence-corrected chi connectivity index (χ1v) is 10.7. The van der Waals surface area contributed by atoms with E-state index in [1.807, 2.05) is 38.1 Å². The molecule has 3 aromatic rings. The third-order valence-corrected chi connectivity index (χ3v) is 5.43. The standard InChI is InChI=1S/C25H25N3O4/c1-3-20-15(2)23(19-9-4-5-10-21(19)28-20)25(31)32-14-22(29)26-18-8-6-7-16(13-18)24(30)27-17-11-12-17/h4-10,13,17H,3,11-12,14H2,1-2H3,(H,26,29)(H,27,30). The molecule has 0 saturated heterocycles. The van der Waals surface area contributed by atoms with Gasteiger partial charge in [0.15, 0.2) is 6.61 Å². The molecule has 0 unspecified atom stereocenters.